The number of anilines is 1. The highest BCUT2D eigenvalue weighted by Crippen LogP contribution is 2.16. The summed E-state index contributed by atoms with van der Waals surface area (Å²) in [7, 11) is 0. The molecule has 0 aliphatic rings. The van der Waals surface area contributed by atoms with Crippen LogP contribution in [0.5, 0.6) is 0 Å². The van der Waals surface area contributed by atoms with Crippen LogP contribution in [0.3, 0.4) is 0 Å². The smallest absolute Gasteiger partial charge is 0.338 e. The number of aryl methyl sites for hydroxylation is 1. The first-order valence-corrected chi connectivity index (χ1v) is 10.8. The molecule has 4 rings (SSSR count). The van der Waals surface area contributed by atoms with Crippen molar-refractivity contribution in [3.8, 4) is 0 Å². The molecular weight excluding hydrogens is 452 g/mol. The van der Waals surface area contributed by atoms with E-state index in [-0.39, 0.29) is 23.6 Å². The van der Waals surface area contributed by atoms with Crippen molar-refractivity contribution in [3.63, 3.8) is 0 Å². The first-order valence-electron chi connectivity index (χ1n) is 9.65. The number of aromatic nitrogens is 3. The number of nitrogens with zero attached hydrogens (tertiary/aromatic N) is 3. The lowest BCUT2D eigenvalue weighted by molar-refractivity contribution is 0.0467. The minimum Gasteiger partial charge on any atom is -0.456 e. The first-order chi connectivity index (χ1) is 15.4. The van der Waals surface area contributed by atoms with Gasteiger partial charge >= 0.3 is 5.97 Å². The molecule has 0 aliphatic heterocycles. The molecule has 1 amide bonds. The molecule has 0 spiro atoms. The molecule has 2 heterocycles. The zero-order chi connectivity index (χ0) is 22.7. The summed E-state index contributed by atoms with van der Waals surface area (Å²) < 4.78 is 6.55. The predicted octanol–water partition coefficient (Wildman–Crippen LogP) is 3.98. The van der Waals surface area contributed by atoms with Crippen LogP contribution in [0.25, 0.3) is 4.96 Å². The third kappa shape index (κ3) is 4.84. The lowest BCUT2D eigenvalue weighted by Crippen LogP contribution is -2.17. The van der Waals surface area contributed by atoms with E-state index in [1.165, 1.54) is 28.0 Å². The van der Waals surface area contributed by atoms with Gasteiger partial charge in [0.05, 0.1) is 11.3 Å². The molecular formula is C22H17ClN4O4S. The Morgan fingerprint density at radius 2 is 1.91 bits per heavy atom. The maximum absolute atomic E-state index is 12.5. The Morgan fingerprint density at radius 1 is 1.12 bits per heavy atom. The number of esters is 1. The topological polar surface area (TPSA) is 103 Å². The quantitative estimate of drug-likeness (QED) is 0.429. The highest BCUT2D eigenvalue weighted by atomic mass is 35.5. The van der Waals surface area contributed by atoms with Gasteiger partial charge in [0, 0.05) is 22.3 Å². The number of amides is 1. The Kier molecular flexibility index (Phi) is 6.29. The molecule has 0 bridgehead atoms. The maximum Gasteiger partial charge on any atom is 0.338 e. The third-order valence-electron chi connectivity index (χ3n) is 4.46. The van der Waals surface area contributed by atoms with Crippen molar-refractivity contribution in [1.29, 1.82) is 0 Å². The maximum atomic E-state index is 12.5. The molecule has 0 saturated carbocycles. The lowest BCUT2D eigenvalue weighted by atomic mass is 10.1. The molecule has 1 N–H and O–H groups in total. The van der Waals surface area contributed by atoms with Crippen LogP contribution < -0.4 is 10.9 Å². The molecule has 2 aromatic carbocycles. The van der Waals surface area contributed by atoms with Crippen LogP contribution >= 0.6 is 22.9 Å². The van der Waals surface area contributed by atoms with Crippen LogP contribution in [0.15, 0.2) is 59.4 Å². The SMILES string of the molecule is CCc1nn2c(=O)cc(COC(=O)c3cccc(NC(=O)c4ccc(Cl)cc4)c3)nc2s1. The van der Waals surface area contributed by atoms with Gasteiger partial charge in [-0.05, 0) is 48.9 Å². The first kappa shape index (κ1) is 21.7. The van der Waals surface area contributed by atoms with E-state index in [1.807, 2.05) is 6.92 Å². The average Bonchev–Trinajstić information content (AvgIpc) is 3.22. The fourth-order valence-electron chi connectivity index (χ4n) is 2.86. The van der Waals surface area contributed by atoms with Gasteiger partial charge in [0.25, 0.3) is 11.5 Å². The van der Waals surface area contributed by atoms with E-state index in [2.05, 4.69) is 15.4 Å². The van der Waals surface area contributed by atoms with Crippen LogP contribution in [0, 0.1) is 0 Å². The summed E-state index contributed by atoms with van der Waals surface area (Å²) in [5.74, 6) is -0.936. The van der Waals surface area contributed by atoms with Gasteiger partial charge in [-0.15, -0.1) is 0 Å². The molecule has 0 unspecified atom stereocenters. The molecule has 162 valence electrons. The fourth-order valence-corrected chi connectivity index (χ4v) is 3.85. The minimum absolute atomic E-state index is 0.161. The van der Waals surface area contributed by atoms with Crippen LogP contribution in [-0.4, -0.2) is 26.5 Å². The molecule has 0 radical (unpaired) electrons. The Hall–Kier alpha value is -3.56. The number of fused-ring (bicyclic) bond motifs is 1. The molecule has 0 saturated heterocycles. The summed E-state index contributed by atoms with van der Waals surface area (Å²) in [4.78, 5) is 41.9. The number of halogens is 1. The molecule has 10 heteroatoms. The average molecular weight is 469 g/mol. The van der Waals surface area contributed by atoms with E-state index < -0.39 is 5.97 Å². The third-order valence-corrected chi connectivity index (χ3v) is 5.76. The van der Waals surface area contributed by atoms with Crippen LogP contribution in [-0.2, 0) is 17.8 Å². The van der Waals surface area contributed by atoms with Crippen LogP contribution in [0.2, 0.25) is 5.02 Å². The second kappa shape index (κ2) is 9.29. The summed E-state index contributed by atoms with van der Waals surface area (Å²) in [5, 5.41) is 8.24. The monoisotopic (exact) mass is 468 g/mol. The van der Waals surface area contributed by atoms with Crippen molar-refractivity contribution in [2.75, 3.05) is 5.32 Å². The number of hydrogen-bond donors (Lipinski definition) is 1. The Bertz CT molecular complexity index is 1360. The van der Waals surface area contributed by atoms with Gasteiger partial charge < -0.3 is 10.1 Å². The molecule has 32 heavy (non-hydrogen) atoms. The number of hydrogen-bond acceptors (Lipinski definition) is 7. The van der Waals surface area contributed by atoms with E-state index in [1.54, 1.807) is 42.5 Å². The standard InChI is InChI=1S/C22H17ClN4O4S/c1-2-18-26-27-19(28)11-17(25-22(27)32-18)12-31-21(30)14-4-3-5-16(10-14)24-20(29)13-6-8-15(23)9-7-13/h3-11H,2,12H2,1H3,(H,24,29). The van der Waals surface area contributed by atoms with Crippen LogP contribution in [0.4, 0.5) is 5.69 Å². The molecule has 8 nitrogen and oxygen atoms in total. The number of rotatable bonds is 6. The number of ether oxygens (including phenoxy) is 1. The highest BCUT2D eigenvalue weighted by molar-refractivity contribution is 7.16. The lowest BCUT2D eigenvalue weighted by Gasteiger charge is -2.08. The fraction of sp³-hybridized carbons (Fsp3) is 0.136. The van der Waals surface area contributed by atoms with Gasteiger partial charge in [0.2, 0.25) is 4.96 Å². The predicted molar refractivity (Wildman–Crippen MR) is 121 cm³/mol. The number of benzene rings is 2. The molecule has 0 fully saturated rings. The summed E-state index contributed by atoms with van der Waals surface area (Å²) in [6, 6.07) is 14.1. The second-order valence-corrected chi connectivity index (χ2v) is 8.22. The van der Waals surface area contributed by atoms with Crippen molar-refractivity contribution < 1.29 is 14.3 Å². The minimum atomic E-state index is -0.604. The van der Waals surface area contributed by atoms with E-state index in [0.29, 0.717) is 33.3 Å². The van der Waals surface area contributed by atoms with Crippen LogP contribution in [0.1, 0.15) is 38.3 Å². The number of carbonyl (C=O) groups excluding carboxylic acids is 2. The summed E-state index contributed by atoms with van der Waals surface area (Å²) in [5.41, 5.74) is 1.13. The largest absolute Gasteiger partial charge is 0.456 e. The highest BCUT2D eigenvalue weighted by Gasteiger charge is 2.13. The molecule has 4 aromatic rings. The normalized spacial score (nSPS) is 10.8. The van der Waals surface area contributed by atoms with Crippen molar-refractivity contribution in [3.05, 3.63) is 91.8 Å². The van der Waals surface area contributed by atoms with Crippen molar-refractivity contribution >= 4 is 45.5 Å². The Balaban J connectivity index is 1.44. The molecule has 0 aliphatic carbocycles. The van der Waals surface area contributed by atoms with Crippen molar-refractivity contribution in [2.24, 2.45) is 0 Å². The van der Waals surface area contributed by atoms with E-state index in [4.69, 9.17) is 16.3 Å². The van der Waals surface area contributed by atoms with E-state index >= 15 is 0 Å². The second-order valence-electron chi connectivity index (χ2n) is 6.75. The van der Waals surface area contributed by atoms with Gasteiger partial charge in [-0.1, -0.05) is 35.9 Å². The van der Waals surface area contributed by atoms with Gasteiger partial charge in [0.15, 0.2) is 0 Å². The Morgan fingerprint density at radius 3 is 2.66 bits per heavy atom. The van der Waals surface area contributed by atoms with Gasteiger partial charge in [-0.2, -0.15) is 9.61 Å². The number of carbonyl (C=O) groups is 2. The van der Waals surface area contributed by atoms with Crippen molar-refractivity contribution in [2.45, 2.75) is 20.0 Å². The van der Waals surface area contributed by atoms with Gasteiger partial charge in [0.1, 0.15) is 11.6 Å². The molecule has 2 aromatic heterocycles. The zero-order valence-electron chi connectivity index (χ0n) is 16.9. The summed E-state index contributed by atoms with van der Waals surface area (Å²) >= 11 is 7.16. The summed E-state index contributed by atoms with van der Waals surface area (Å²) in [6.07, 6.45) is 0.697. The van der Waals surface area contributed by atoms with E-state index in [9.17, 15) is 14.4 Å². The van der Waals surface area contributed by atoms with Crippen molar-refractivity contribution in [1.82, 2.24) is 14.6 Å². The summed E-state index contributed by atoms with van der Waals surface area (Å²) in [6.45, 7) is 1.78. The Labute approximate surface area is 191 Å². The molecule has 0 atom stereocenters. The zero-order valence-corrected chi connectivity index (χ0v) is 18.4. The van der Waals surface area contributed by atoms with E-state index in [0.717, 1.165) is 5.01 Å². The number of nitrogens with one attached hydrogen (secondary N) is 1. The van der Waals surface area contributed by atoms with Gasteiger partial charge in [-0.3, -0.25) is 9.59 Å². The van der Waals surface area contributed by atoms with Gasteiger partial charge in [-0.25, -0.2) is 9.78 Å².